The minimum absolute atomic E-state index is 0.196. The number of nitrogen functional groups attached to an aromatic ring is 1. The number of nitrogens with two attached hydrogens (primary N) is 1. The first-order valence-corrected chi connectivity index (χ1v) is 11.9. The van der Waals surface area contributed by atoms with E-state index in [9.17, 15) is 0 Å². The van der Waals surface area contributed by atoms with Gasteiger partial charge in [-0.05, 0) is 23.5 Å². The molecule has 0 bridgehead atoms. The molecule has 0 fully saturated rings. The van der Waals surface area contributed by atoms with Crippen LogP contribution in [0.15, 0.2) is 24.3 Å². The molecule has 1 heteroatoms. The molecule has 27 heavy (non-hydrogen) atoms. The Kier molecular flexibility index (Phi) is 13.4. The highest BCUT2D eigenvalue weighted by Gasteiger charge is 2.21. The molecule has 0 saturated carbocycles. The van der Waals surface area contributed by atoms with E-state index in [0.717, 1.165) is 5.69 Å². The van der Waals surface area contributed by atoms with E-state index in [0.29, 0.717) is 0 Å². The largest absolute Gasteiger partial charge is 0.398 e. The Balaban J connectivity index is 1.91. The molecule has 0 heterocycles. The van der Waals surface area contributed by atoms with Gasteiger partial charge >= 0.3 is 0 Å². The number of hydrogen-bond acceptors (Lipinski definition) is 1. The summed E-state index contributed by atoms with van der Waals surface area (Å²) in [5, 5.41) is 0. The van der Waals surface area contributed by atoms with Crippen molar-refractivity contribution < 1.29 is 0 Å². The van der Waals surface area contributed by atoms with Gasteiger partial charge in [0.2, 0.25) is 0 Å². The zero-order valence-electron chi connectivity index (χ0n) is 18.7. The van der Waals surface area contributed by atoms with Gasteiger partial charge in [0.15, 0.2) is 0 Å². The molecule has 1 aromatic carbocycles. The molecule has 0 aliphatic heterocycles. The second-order valence-electron chi connectivity index (χ2n) is 9.17. The smallest absolute Gasteiger partial charge is 0.0352 e. The van der Waals surface area contributed by atoms with Crippen molar-refractivity contribution in [3.8, 4) is 0 Å². The van der Waals surface area contributed by atoms with Gasteiger partial charge in [-0.3, -0.25) is 0 Å². The van der Waals surface area contributed by atoms with Crippen molar-refractivity contribution in [2.24, 2.45) is 0 Å². The standard InChI is InChI=1S/C26H47N/c1-4-5-6-7-8-9-10-11-12-13-14-15-16-17-20-23-26(2,3)24-21-18-19-22-25(24)27/h18-19,21-22H,4-17,20,23,27H2,1-3H3. The average molecular weight is 374 g/mol. The van der Waals surface area contributed by atoms with Crippen LogP contribution in [-0.4, -0.2) is 0 Å². The van der Waals surface area contributed by atoms with Crippen LogP contribution in [0, 0.1) is 0 Å². The van der Waals surface area contributed by atoms with Gasteiger partial charge in [0.1, 0.15) is 0 Å². The SMILES string of the molecule is CCCCCCCCCCCCCCCCCC(C)(C)c1ccccc1N. The number of para-hydroxylation sites is 1. The van der Waals surface area contributed by atoms with Gasteiger partial charge in [0.05, 0.1) is 0 Å². The Hall–Kier alpha value is -0.980. The van der Waals surface area contributed by atoms with Crippen molar-refractivity contribution >= 4 is 5.69 Å². The van der Waals surface area contributed by atoms with E-state index >= 15 is 0 Å². The van der Waals surface area contributed by atoms with Crippen molar-refractivity contribution in [2.45, 2.75) is 129 Å². The minimum Gasteiger partial charge on any atom is -0.398 e. The van der Waals surface area contributed by atoms with Crippen LogP contribution < -0.4 is 5.73 Å². The number of rotatable bonds is 17. The third kappa shape index (κ3) is 11.5. The Morgan fingerprint density at radius 2 is 1.04 bits per heavy atom. The van der Waals surface area contributed by atoms with E-state index in [2.05, 4.69) is 32.9 Å². The predicted octanol–water partition coefficient (Wildman–Crippen LogP) is 8.81. The first kappa shape index (κ1) is 24.1. The summed E-state index contributed by atoms with van der Waals surface area (Å²) in [5.74, 6) is 0. The maximum atomic E-state index is 6.16. The Bertz CT molecular complexity index is 463. The summed E-state index contributed by atoms with van der Waals surface area (Å²) in [6, 6.07) is 8.37. The fourth-order valence-corrected chi connectivity index (χ4v) is 4.19. The summed E-state index contributed by atoms with van der Waals surface area (Å²) in [6.07, 6.45) is 22.6. The third-order valence-corrected chi connectivity index (χ3v) is 6.10. The highest BCUT2D eigenvalue weighted by atomic mass is 14.6. The monoisotopic (exact) mass is 373 g/mol. The summed E-state index contributed by atoms with van der Waals surface area (Å²) < 4.78 is 0. The number of hydrogen-bond donors (Lipinski definition) is 1. The topological polar surface area (TPSA) is 26.0 Å². The van der Waals surface area contributed by atoms with Crippen molar-refractivity contribution in [1.29, 1.82) is 0 Å². The van der Waals surface area contributed by atoms with Gasteiger partial charge in [-0.15, -0.1) is 0 Å². The molecular formula is C26H47N. The fraction of sp³-hybridized carbons (Fsp3) is 0.769. The average Bonchev–Trinajstić information content (AvgIpc) is 2.65. The molecule has 0 spiro atoms. The second kappa shape index (κ2) is 15.0. The van der Waals surface area contributed by atoms with Crippen LogP contribution in [0.4, 0.5) is 5.69 Å². The van der Waals surface area contributed by atoms with Crippen molar-refractivity contribution in [3.63, 3.8) is 0 Å². The predicted molar refractivity (Wildman–Crippen MR) is 123 cm³/mol. The van der Waals surface area contributed by atoms with Crippen LogP contribution in [0.1, 0.15) is 129 Å². The number of benzene rings is 1. The minimum atomic E-state index is 0.196. The van der Waals surface area contributed by atoms with Gasteiger partial charge in [-0.1, -0.05) is 135 Å². The lowest BCUT2D eigenvalue weighted by Crippen LogP contribution is -2.18. The van der Waals surface area contributed by atoms with Crippen molar-refractivity contribution in [1.82, 2.24) is 0 Å². The molecule has 2 N–H and O–H groups in total. The van der Waals surface area contributed by atoms with Crippen LogP contribution in [-0.2, 0) is 5.41 Å². The highest BCUT2D eigenvalue weighted by Crippen LogP contribution is 2.33. The first-order chi connectivity index (χ1) is 13.1. The lowest BCUT2D eigenvalue weighted by atomic mass is 9.79. The molecule has 0 amide bonds. The number of unbranched alkanes of at least 4 members (excludes halogenated alkanes) is 14. The Morgan fingerprint density at radius 1 is 0.630 bits per heavy atom. The molecule has 0 atom stereocenters. The molecular weight excluding hydrogens is 326 g/mol. The van der Waals surface area contributed by atoms with Crippen LogP contribution in [0.5, 0.6) is 0 Å². The molecule has 0 aliphatic rings. The summed E-state index contributed by atoms with van der Waals surface area (Å²) in [4.78, 5) is 0. The van der Waals surface area contributed by atoms with Crippen molar-refractivity contribution in [3.05, 3.63) is 29.8 Å². The van der Waals surface area contributed by atoms with E-state index in [4.69, 9.17) is 5.73 Å². The van der Waals surface area contributed by atoms with Gasteiger partial charge in [0.25, 0.3) is 0 Å². The normalized spacial score (nSPS) is 11.8. The second-order valence-corrected chi connectivity index (χ2v) is 9.17. The first-order valence-electron chi connectivity index (χ1n) is 11.9. The summed E-state index contributed by atoms with van der Waals surface area (Å²) in [7, 11) is 0. The molecule has 1 nitrogen and oxygen atoms in total. The molecule has 156 valence electrons. The third-order valence-electron chi connectivity index (χ3n) is 6.10. The summed E-state index contributed by atoms with van der Waals surface area (Å²) in [6.45, 7) is 6.97. The molecule has 1 aromatic rings. The number of anilines is 1. The molecule has 1 rings (SSSR count). The maximum Gasteiger partial charge on any atom is 0.0352 e. The summed E-state index contributed by atoms with van der Waals surface area (Å²) in [5.41, 5.74) is 8.62. The van der Waals surface area contributed by atoms with Crippen LogP contribution >= 0.6 is 0 Å². The van der Waals surface area contributed by atoms with Crippen LogP contribution in [0.2, 0.25) is 0 Å². The maximum absolute atomic E-state index is 6.16. The van der Waals surface area contributed by atoms with E-state index in [1.807, 2.05) is 12.1 Å². The Labute approximate surface area is 170 Å². The van der Waals surface area contributed by atoms with Gasteiger partial charge in [0, 0.05) is 5.69 Å². The van der Waals surface area contributed by atoms with E-state index < -0.39 is 0 Å². The lowest BCUT2D eigenvalue weighted by molar-refractivity contribution is 0.442. The quantitative estimate of drug-likeness (QED) is 0.214. The van der Waals surface area contributed by atoms with E-state index in [1.54, 1.807) is 0 Å². The summed E-state index contributed by atoms with van der Waals surface area (Å²) >= 11 is 0. The highest BCUT2D eigenvalue weighted by molar-refractivity contribution is 5.50. The van der Waals surface area contributed by atoms with Gasteiger partial charge in [-0.25, -0.2) is 0 Å². The molecule has 0 aliphatic carbocycles. The van der Waals surface area contributed by atoms with Gasteiger partial charge < -0.3 is 5.73 Å². The van der Waals surface area contributed by atoms with E-state index in [-0.39, 0.29) is 5.41 Å². The molecule has 0 saturated heterocycles. The molecule has 0 radical (unpaired) electrons. The Morgan fingerprint density at radius 3 is 1.48 bits per heavy atom. The zero-order chi connectivity index (χ0) is 19.8. The van der Waals surface area contributed by atoms with Crippen LogP contribution in [0.25, 0.3) is 0 Å². The fourth-order valence-electron chi connectivity index (χ4n) is 4.19. The van der Waals surface area contributed by atoms with E-state index in [1.165, 1.54) is 108 Å². The van der Waals surface area contributed by atoms with Gasteiger partial charge in [-0.2, -0.15) is 0 Å². The molecule has 0 unspecified atom stereocenters. The van der Waals surface area contributed by atoms with Crippen LogP contribution in [0.3, 0.4) is 0 Å². The molecule has 0 aromatic heterocycles. The van der Waals surface area contributed by atoms with Crippen molar-refractivity contribution in [2.75, 3.05) is 5.73 Å². The lowest BCUT2D eigenvalue weighted by Gasteiger charge is -2.26. The zero-order valence-corrected chi connectivity index (χ0v) is 18.7.